The van der Waals surface area contributed by atoms with Gasteiger partial charge in [-0.15, -0.1) is 0 Å². The normalized spacial score (nSPS) is 24.5. The zero-order valence-corrected chi connectivity index (χ0v) is 17.3. The van der Waals surface area contributed by atoms with Gasteiger partial charge in [-0.25, -0.2) is 9.97 Å². The fraction of sp³-hybridized carbons (Fsp3) is 0.762. The van der Waals surface area contributed by atoms with E-state index in [9.17, 15) is 4.79 Å². The number of rotatable bonds is 6. The largest absolute Gasteiger partial charge is 0.363 e. The Hall–Kier alpha value is -1.89. The van der Waals surface area contributed by atoms with Crippen LogP contribution in [0.2, 0.25) is 0 Å². The number of aromatic nitrogens is 2. The van der Waals surface area contributed by atoms with Gasteiger partial charge in [-0.2, -0.15) is 0 Å². The van der Waals surface area contributed by atoms with Crippen LogP contribution >= 0.6 is 0 Å². The van der Waals surface area contributed by atoms with Gasteiger partial charge in [0.15, 0.2) is 0 Å². The number of nitrogens with one attached hydrogen (secondary N) is 1. The number of carbonyl (C=O) groups is 1. The first kappa shape index (κ1) is 19.4. The van der Waals surface area contributed by atoms with Gasteiger partial charge < -0.3 is 20.0 Å². The third kappa shape index (κ3) is 4.74. The Morgan fingerprint density at radius 2 is 1.75 bits per heavy atom. The molecule has 0 aromatic carbocycles. The fourth-order valence-electron chi connectivity index (χ4n) is 4.62. The van der Waals surface area contributed by atoms with E-state index < -0.39 is 0 Å². The zero-order chi connectivity index (χ0) is 19.5. The van der Waals surface area contributed by atoms with Gasteiger partial charge in [0.05, 0.1) is 0 Å². The van der Waals surface area contributed by atoms with Crippen LogP contribution in [0.5, 0.6) is 0 Å². The smallest absolute Gasteiger partial charge is 0.220 e. The summed E-state index contributed by atoms with van der Waals surface area (Å²) in [5, 5.41) is 3.22. The molecule has 0 bridgehead atoms. The lowest BCUT2D eigenvalue weighted by atomic mass is 10.0. The summed E-state index contributed by atoms with van der Waals surface area (Å²) in [7, 11) is 4.05. The molecular formula is C21H34N6O. The quantitative estimate of drug-likeness (QED) is 0.807. The second-order valence-electron chi connectivity index (χ2n) is 8.81. The second-order valence-corrected chi connectivity index (χ2v) is 8.81. The van der Waals surface area contributed by atoms with E-state index in [2.05, 4.69) is 31.2 Å². The van der Waals surface area contributed by atoms with E-state index in [4.69, 9.17) is 0 Å². The van der Waals surface area contributed by atoms with Crippen molar-refractivity contribution in [1.29, 1.82) is 0 Å². The van der Waals surface area contributed by atoms with Crippen LogP contribution < -0.4 is 15.1 Å². The first-order valence-corrected chi connectivity index (χ1v) is 10.9. The molecule has 1 unspecified atom stereocenters. The van der Waals surface area contributed by atoms with Crippen molar-refractivity contribution in [2.75, 3.05) is 43.5 Å². The van der Waals surface area contributed by atoms with Crippen molar-refractivity contribution in [3.05, 3.63) is 12.4 Å². The topological polar surface area (TPSA) is 64.6 Å². The van der Waals surface area contributed by atoms with E-state index in [0.29, 0.717) is 24.5 Å². The average molecular weight is 387 g/mol. The molecule has 1 saturated carbocycles. The van der Waals surface area contributed by atoms with Crippen LogP contribution in [0.4, 0.5) is 11.6 Å². The molecule has 1 aromatic heterocycles. The molecule has 3 fully saturated rings. The second kappa shape index (κ2) is 8.64. The van der Waals surface area contributed by atoms with E-state index >= 15 is 0 Å². The van der Waals surface area contributed by atoms with Gasteiger partial charge in [0.25, 0.3) is 0 Å². The van der Waals surface area contributed by atoms with Crippen LogP contribution in [0, 0.1) is 0 Å². The highest BCUT2D eigenvalue weighted by atomic mass is 16.1. The Balaban J connectivity index is 1.36. The van der Waals surface area contributed by atoms with Crippen LogP contribution in [0.25, 0.3) is 0 Å². The molecule has 1 atom stereocenters. The molecule has 7 heteroatoms. The van der Waals surface area contributed by atoms with Crippen molar-refractivity contribution in [3.8, 4) is 0 Å². The summed E-state index contributed by atoms with van der Waals surface area (Å²) in [4.78, 5) is 28.0. The van der Waals surface area contributed by atoms with E-state index in [1.165, 1.54) is 25.7 Å². The van der Waals surface area contributed by atoms with Crippen LogP contribution in [-0.2, 0) is 4.79 Å². The molecule has 3 heterocycles. The van der Waals surface area contributed by atoms with Gasteiger partial charge in [-0.1, -0.05) is 6.42 Å². The maximum atomic E-state index is 11.8. The van der Waals surface area contributed by atoms with Crippen molar-refractivity contribution >= 4 is 17.5 Å². The lowest BCUT2D eigenvalue weighted by molar-refractivity contribution is -0.121. The van der Waals surface area contributed by atoms with Crippen molar-refractivity contribution in [3.63, 3.8) is 0 Å². The molecule has 1 N–H and O–H groups in total. The zero-order valence-electron chi connectivity index (χ0n) is 17.3. The van der Waals surface area contributed by atoms with Gasteiger partial charge >= 0.3 is 0 Å². The van der Waals surface area contributed by atoms with E-state index in [-0.39, 0.29) is 5.91 Å². The first-order valence-electron chi connectivity index (χ1n) is 10.9. The third-order valence-electron chi connectivity index (χ3n) is 6.30. The number of piperidine rings is 1. The van der Waals surface area contributed by atoms with E-state index in [0.717, 1.165) is 50.5 Å². The summed E-state index contributed by atoms with van der Waals surface area (Å²) in [5.74, 6) is 2.28. The van der Waals surface area contributed by atoms with Crippen molar-refractivity contribution < 1.29 is 4.79 Å². The number of amides is 1. The molecule has 28 heavy (non-hydrogen) atoms. The van der Waals surface area contributed by atoms with Gasteiger partial charge in [0.1, 0.15) is 18.0 Å². The van der Waals surface area contributed by atoms with Crippen molar-refractivity contribution in [2.24, 2.45) is 0 Å². The Kier molecular flexibility index (Phi) is 5.99. The molecule has 1 aliphatic carbocycles. The summed E-state index contributed by atoms with van der Waals surface area (Å²) in [6.07, 6.45) is 10.6. The molecule has 7 nitrogen and oxygen atoms in total. The van der Waals surface area contributed by atoms with Crippen molar-refractivity contribution in [1.82, 2.24) is 20.2 Å². The number of likely N-dealkylation sites (tertiary alicyclic amines) is 1. The number of anilines is 2. The predicted octanol–water partition coefficient (Wildman–Crippen LogP) is 2.03. The predicted molar refractivity (Wildman–Crippen MR) is 112 cm³/mol. The molecule has 3 aliphatic rings. The summed E-state index contributed by atoms with van der Waals surface area (Å²) < 4.78 is 0. The molecule has 0 radical (unpaired) electrons. The highest BCUT2D eigenvalue weighted by Crippen LogP contribution is 2.36. The number of hydrogen-bond donors (Lipinski definition) is 1. The summed E-state index contributed by atoms with van der Waals surface area (Å²) >= 11 is 0. The van der Waals surface area contributed by atoms with E-state index in [1.54, 1.807) is 6.33 Å². The highest BCUT2D eigenvalue weighted by molar-refractivity contribution is 5.76. The third-order valence-corrected chi connectivity index (χ3v) is 6.30. The summed E-state index contributed by atoms with van der Waals surface area (Å²) in [6.45, 7) is 3.21. The minimum absolute atomic E-state index is 0.234. The number of nitrogens with zero attached hydrogens (tertiary/aromatic N) is 5. The highest BCUT2D eigenvalue weighted by Gasteiger charge is 2.37. The molecule has 0 spiro atoms. The lowest BCUT2D eigenvalue weighted by Gasteiger charge is -2.40. The fourth-order valence-corrected chi connectivity index (χ4v) is 4.62. The van der Waals surface area contributed by atoms with Gasteiger partial charge in [-0.05, 0) is 38.5 Å². The summed E-state index contributed by atoms with van der Waals surface area (Å²) in [6, 6.07) is 3.65. The molecule has 1 amide bonds. The van der Waals surface area contributed by atoms with Crippen LogP contribution in [-0.4, -0.2) is 72.6 Å². The lowest BCUT2D eigenvalue weighted by Crippen LogP contribution is -2.50. The Morgan fingerprint density at radius 3 is 2.46 bits per heavy atom. The van der Waals surface area contributed by atoms with Crippen LogP contribution in [0.3, 0.4) is 0 Å². The Labute approximate surface area is 168 Å². The monoisotopic (exact) mass is 386 g/mol. The molecule has 4 rings (SSSR count). The standard InChI is InChI=1S/C21H34N6O/c1-25(2)19-13-20(23-15-22-19)27(17-7-8-17)18-9-11-26(12-10-18)14-16-5-3-4-6-21(28)24-16/h13,15-18H,3-12,14H2,1-2H3,(H,24,28). The molecule has 2 aliphatic heterocycles. The number of carbonyl (C=O) groups excluding carboxylic acids is 1. The maximum Gasteiger partial charge on any atom is 0.220 e. The molecule has 154 valence electrons. The minimum atomic E-state index is 0.234. The SMILES string of the molecule is CN(C)c1cc(N(C2CC2)C2CCN(CC3CCCCC(=O)N3)CC2)ncn1. The number of hydrogen-bond acceptors (Lipinski definition) is 6. The molecule has 1 aromatic rings. The van der Waals surface area contributed by atoms with Crippen molar-refractivity contribution in [2.45, 2.75) is 69.5 Å². The van der Waals surface area contributed by atoms with Gasteiger partial charge in [-0.3, -0.25) is 4.79 Å². The average Bonchev–Trinajstić information content (AvgIpc) is 3.53. The maximum absolute atomic E-state index is 11.8. The minimum Gasteiger partial charge on any atom is -0.363 e. The summed E-state index contributed by atoms with van der Waals surface area (Å²) in [5.41, 5.74) is 0. The van der Waals surface area contributed by atoms with E-state index in [1.807, 2.05) is 19.0 Å². The van der Waals surface area contributed by atoms with Gasteiger partial charge in [0.2, 0.25) is 5.91 Å². The van der Waals surface area contributed by atoms with Gasteiger partial charge in [0, 0.05) is 64.3 Å². The Morgan fingerprint density at radius 1 is 1.04 bits per heavy atom. The van der Waals surface area contributed by atoms with Crippen LogP contribution in [0.15, 0.2) is 12.4 Å². The Bertz CT molecular complexity index is 669. The molecule has 2 saturated heterocycles. The van der Waals surface area contributed by atoms with Crippen LogP contribution in [0.1, 0.15) is 51.4 Å². The molecular weight excluding hydrogens is 352 g/mol. The first-order chi connectivity index (χ1) is 13.6.